The molecule has 1 heterocycles. The van der Waals surface area contributed by atoms with Crippen molar-refractivity contribution in [3.63, 3.8) is 0 Å². The van der Waals surface area contributed by atoms with Gasteiger partial charge in [-0.3, -0.25) is 0 Å². The molecule has 2 heteroatoms. The molecule has 0 bridgehead atoms. The Kier molecular flexibility index (Phi) is 9.45. The number of rotatable bonds is 12. The summed E-state index contributed by atoms with van der Waals surface area (Å²) < 4.78 is 2.35. The summed E-state index contributed by atoms with van der Waals surface area (Å²) in [5, 5.41) is 0. The van der Waals surface area contributed by atoms with Crippen LogP contribution in [0.1, 0.15) is 110 Å². The Labute approximate surface area is 132 Å². The van der Waals surface area contributed by atoms with Gasteiger partial charge in [0.2, 0.25) is 0 Å². The zero-order valence-corrected chi connectivity index (χ0v) is 14.8. The van der Waals surface area contributed by atoms with Gasteiger partial charge in [-0.05, 0) is 26.7 Å². The number of unbranched alkanes of at least 4 members (excludes halogenated alkanes) is 7. The smallest absolute Gasteiger partial charge is 0.111 e. The van der Waals surface area contributed by atoms with E-state index in [1.807, 2.05) is 6.20 Å². The van der Waals surface area contributed by atoms with Gasteiger partial charge in [-0.2, -0.15) is 0 Å². The standard InChI is InChI=1S/C19H36N2/c1-5-7-8-9-10-11-12-13-14-18(6-2)19-20-15-16-21(19)17(3)4/h15-18H,5-14H2,1-4H3. The van der Waals surface area contributed by atoms with Crippen LogP contribution in [-0.2, 0) is 0 Å². The van der Waals surface area contributed by atoms with Gasteiger partial charge in [0.1, 0.15) is 5.82 Å². The van der Waals surface area contributed by atoms with E-state index in [4.69, 9.17) is 0 Å². The van der Waals surface area contributed by atoms with Crippen molar-refractivity contribution >= 4 is 0 Å². The van der Waals surface area contributed by atoms with Crippen molar-refractivity contribution in [1.82, 2.24) is 9.55 Å². The first kappa shape index (κ1) is 18.3. The fourth-order valence-electron chi connectivity index (χ4n) is 3.12. The molecule has 1 unspecified atom stereocenters. The Bertz CT molecular complexity index is 354. The molecule has 0 fully saturated rings. The molecular formula is C19H36N2. The van der Waals surface area contributed by atoms with E-state index in [9.17, 15) is 0 Å². The molecule has 0 spiro atoms. The number of nitrogens with zero attached hydrogens (tertiary/aromatic N) is 2. The van der Waals surface area contributed by atoms with Crippen molar-refractivity contribution in [2.24, 2.45) is 0 Å². The third kappa shape index (κ3) is 6.67. The van der Waals surface area contributed by atoms with Gasteiger partial charge in [0.05, 0.1) is 0 Å². The molecule has 0 amide bonds. The van der Waals surface area contributed by atoms with Crippen molar-refractivity contribution in [3.8, 4) is 0 Å². The molecule has 0 saturated heterocycles. The monoisotopic (exact) mass is 292 g/mol. The second kappa shape index (κ2) is 10.9. The number of hydrogen-bond acceptors (Lipinski definition) is 1. The molecule has 0 radical (unpaired) electrons. The summed E-state index contributed by atoms with van der Waals surface area (Å²) in [4.78, 5) is 4.62. The highest BCUT2D eigenvalue weighted by atomic mass is 15.1. The topological polar surface area (TPSA) is 17.8 Å². The van der Waals surface area contributed by atoms with Crippen molar-refractivity contribution in [2.75, 3.05) is 0 Å². The Morgan fingerprint density at radius 3 is 2.14 bits per heavy atom. The molecule has 0 aliphatic heterocycles. The van der Waals surface area contributed by atoms with Crippen LogP contribution in [0.5, 0.6) is 0 Å². The van der Waals surface area contributed by atoms with Crippen LogP contribution >= 0.6 is 0 Å². The molecule has 0 N–H and O–H groups in total. The van der Waals surface area contributed by atoms with Gasteiger partial charge >= 0.3 is 0 Å². The minimum Gasteiger partial charge on any atom is -0.332 e. The highest BCUT2D eigenvalue weighted by Gasteiger charge is 2.16. The van der Waals surface area contributed by atoms with Crippen LogP contribution in [0, 0.1) is 0 Å². The third-order valence-electron chi connectivity index (χ3n) is 4.52. The highest BCUT2D eigenvalue weighted by molar-refractivity contribution is 5.01. The summed E-state index contributed by atoms with van der Waals surface area (Å²) in [6.07, 6.45) is 17.8. The van der Waals surface area contributed by atoms with Crippen LogP contribution in [0.15, 0.2) is 12.4 Å². The number of hydrogen-bond donors (Lipinski definition) is 0. The average molecular weight is 293 g/mol. The molecule has 0 aliphatic carbocycles. The van der Waals surface area contributed by atoms with E-state index < -0.39 is 0 Å². The van der Waals surface area contributed by atoms with Crippen molar-refractivity contribution < 1.29 is 0 Å². The lowest BCUT2D eigenvalue weighted by Gasteiger charge is -2.19. The Morgan fingerprint density at radius 2 is 1.57 bits per heavy atom. The molecule has 122 valence electrons. The SMILES string of the molecule is CCCCCCCCCCC(CC)c1nccn1C(C)C. The van der Waals surface area contributed by atoms with E-state index in [1.165, 1.54) is 70.0 Å². The summed E-state index contributed by atoms with van der Waals surface area (Å²) in [6, 6.07) is 0.523. The molecule has 0 aliphatic rings. The van der Waals surface area contributed by atoms with Crippen molar-refractivity contribution in [2.45, 2.75) is 104 Å². The molecule has 2 nitrogen and oxygen atoms in total. The first-order valence-corrected chi connectivity index (χ1v) is 9.23. The van der Waals surface area contributed by atoms with Gasteiger partial charge in [0.15, 0.2) is 0 Å². The molecular weight excluding hydrogens is 256 g/mol. The third-order valence-corrected chi connectivity index (χ3v) is 4.52. The molecule has 1 rings (SSSR count). The number of aromatic nitrogens is 2. The van der Waals surface area contributed by atoms with E-state index >= 15 is 0 Å². The highest BCUT2D eigenvalue weighted by Crippen LogP contribution is 2.26. The van der Waals surface area contributed by atoms with E-state index in [0.717, 1.165) is 0 Å². The van der Waals surface area contributed by atoms with Gasteiger partial charge in [0.25, 0.3) is 0 Å². The van der Waals surface area contributed by atoms with Crippen LogP contribution < -0.4 is 0 Å². The van der Waals surface area contributed by atoms with Gasteiger partial charge < -0.3 is 4.57 Å². The maximum absolute atomic E-state index is 4.62. The quantitative estimate of drug-likeness (QED) is 0.403. The van der Waals surface area contributed by atoms with Crippen LogP contribution in [0.4, 0.5) is 0 Å². The van der Waals surface area contributed by atoms with E-state index in [0.29, 0.717) is 12.0 Å². The second-order valence-electron chi connectivity index (χ2n) is 6.66. The van der Waals surface area contributed by atoms with Crippen LogP contribution in [0.25, 0.3) is 0 Å². The Hall–Kier alpha value is -0.790. The lowest BCUT2D eigenvalue weighted by atomic mass is 9.96. The maximum atomic E-state index is 4.62. The first-order valence-electron chi connectivity index (χ1n) is 9.23. The fourth-order valence-corrected chi connectivity index (χ4v) is 3.12. The lowest BCUT2D eigenvalue weighted by Crippen LogP contribution is -2.10. The second-order valence-corrected chi connectivity index (χ2v) is 6.66. The lowest BCUT2D eigenvalue weighted by molar-refractivity contribution is 0.471. The van der Waals surface area contributed by atoms with Crippen molar-refractivity contribution in [1.29, 1.82) is 0 Å². The molecule has 21 heavy (non-hydrogen) atoms. The Morgan fingerprint density at radius 1 is 0.952 bits per heavy atom. The molecule has 0 saturated carbocycles. The molecule has 1 atom stereocenters. The molecule has 1 aromatic heterocycles. The van der Waals surface area contributed by atoms with Gasteiger partial charge in [-0.15, -0.1) is 0 Å². The predicted octanol–water partition coefficient (Wildman–Crippen LogP) is 6.49. The van der Waals surface area contributed by atoms with Gasteiger partial charge in [-0.25, -0.2) is 4.98 Å². The van der Waals surface area contributed by atoms with Crippen LogP contribution in [0.3, 0.4) is 0 Å². The van der Waals surface area contributed by atoms with Gasteiger partial charge in [-0.1, -0.05) is 65.2 Å². The van der Waals surface area contributed by atoms with Crippen molar-refractivity contribution in [3.05, 3.63) is 18.2 Å². The zero-order valence-electron chi connectivity index (χ0n) is 14.8. The number of imidazole rings is 1. The summed E-state index contributed by atoms with van der Waals surface area (Å²) >= 11 is 0. The predicted molar refractivity (Wildman–Crippen MR) is 92.9 cm³/mol. The average Bonchev–Trinajstić information content (AvgIpc) is 2.95. The molecule has 0 aromatic carbocycles. The van der Waals surface area contributed by atoms with Crippen LogP contribution in [0.2, 0.25) is 0 Å². The maximum Gasteiger partial charge on any atom is 0.111 e. The van der Waals surface area contributed by atoms with E-state index in [1.54, 1.807) is 0 Å². The summed E-state index contributed by atoms with van der Waals surface area (Å²) in [6.45, 7) is 9.07. The minimum absolute atomic E-state index is 0.523. The first-order chi connectivity index (χ1) is 10.2. The van der Waals surface area contributed by atoms with Gasteiger partial charge in [0, 0.05) is 24.4 Å². The molecule has 1 aromatic rings. The largest absolute Gasteiger partial charge is 0.332 e. The Balaban J connectivity index is 2.24. The fraction of sp³-hybridized carbons (Fsp3) is 0.842. The summed E-state index contributed by atoms with van der Waals surface area (Å²) in [7, 11) is 0. The summed E-state index contributed by atoms with van der Waals surface area (Å²) in [5.74, 6) is 1.94. The van der Waals surface area contributed by atoms with E-state index in [2.05, 4.69) is 43.4 Å². The van der Waals surface area contributed by atoms with Crippen LogP contribution in [-0.4, -0.2) is 9.55 Å². The zero-order chi connectivity index (χ0) is 15.5. The normalized spacial score (nSPS) is 13.0. The summed E-state index contributed by atoms with van der Waals surface area (Å²) in [5.41, 5.74) is 0. The minimum atomic E-state index is 0.523. The van der Waals surface area contributed by atoms with E-state index in [-0.39, 0.29) is 0 Å².